The van der Waals surface area contributed by atoms with Crippen molar-refractivity contribution in [1.29, 1.82) is 0 Å². The number of aliphatic hydroxyl groups excluding tert-OH is 1. The molecular formula is C13H11ClO2. The van der Waals surface area contributed by atoms with Crippen molar-refractivity contribution in [3.05, 3.63) is 64.7 Å². The summed E-state index contributed by atoms with van der Waals surface area (Å²) in [4.78, 5) is 0. The van der Waals surface area contributed by atoms with Crippen LogP contribution in [0.4, 0.5) is 0 Å². The largest absolute Gasteiger partial charge is 0.508 e. The molecule has 0 saturated carbocycles. The number of rotatable bonds is 2. The molecule has 82 valence electrons. The Labute approximate surface area is 98.7 Å². The van der Waals surface area contributed by atoms with Gasteiger partial charge in [0, 0.05) is 16.1 Å². The summed E-state index contributed by atoms with van der Waals surface area (Å²) in [7, 11) is 0. The Bertz CT molecular complexity index is 451. The second kappa shape index (κ2) is 4.56. The molecule has 2 nitrogen and oxygen atoms in total. The van der Waals surface area contributed by atoms with Gasteiger partial charge >= 0.3 is 0 Å². The number of para-hydroxylation sites is 1. The summed E-state index contributed by atoms with van der Waals surface area (Å²) in [5.41, 5.74) is 1.04. The molecule has 0 aliphatic carbocycles. The molecule has 0 aliphatic rings. The van der Waals surface area contributed by atoms with E-state index in [2.05, 4.69) is 0 Å². The lowest BCUT2D eigenvalue weighted by molar-refractivity contribution is 0.215. The molecule has 0 amide bonds. The van der Waals surface area contributed by atoms with Crippen molar-refractivity contribution in [2.24, 2.45) is 0 Å². The van der Waals surface area contributed by atoms with E-state index in [0.717, 1.165) is 0 Å². The van der Waals surface area contributed by atoms with Gasteiger partial charge in [-0.15, -0.1) is 0 Å². The third-order valence-corrected chi connectivity index (χ3v) is 2.78. The number of hydrogen-bond donors (Lipinski definition) is 2. The minimum Gasteiger partial charge on any atom is -0.508 e. The van der Waals surface area contributed by atoms with E-state index < -0.39 is 6.10 Å². The normalized spacial score (nSPS) is 12.4. The first-order valence-electron chi connectivity index (χ1n) is 4.90. The van der Waals surface area contributed by atoms with Gasteiger partial charge < -0.3 is 10.2 Å². The van der Waals surface area contributed by atoms with Crippen LogP contribution in [-0.4, -0.2) is 10.2 Å². The van der Waals surface area contributed by atoms with Gasteiger partial charge in [-0.3, -0.25) is 0 Å². The number of aromatic hydroxyl groups is 1. The SMILES string of the molecule is Oc1ccccc1C(O)c1ccccc1Cl. The van der Waals surface area contributed by atoms with Gasteiger partial charge in [-0.2, -0.15) is 0 Å². The minimum atomic E-state index is -0.908. The van der Waals surface area contributed by atoms with Crippen LogP contribution >= 0.6 is 11.6 Å². The van der Waals surface area contributed by atoms with Crippen LogP contribution in [-0.2, 0) is 0 Å². The summed E-state index contributed by atoms with van der Waals surface area (Å²) in [6.45, 7) is 0. The number of phenolic OH excluding ortho intramolecular Hbond substituents is 1. The third-order valence-electron chi connectivity index (χ3n) is 2.43. The molecule has 0 heterocycles. The molecule has 0 bridgehead atoms. The van der Waals surface area contributed by atoms with Crippen LogP contribution in [0.3, 0.4) is 0 Å². The van der Waals surface area contributed by atoms with Crippen LogP contribution < -0.4 is 0 Å². The van der Waals surface area contributed by atoms with Crippen LogP contribution in [0.25, 0.3) is 0 Å². The van der Waals surface area contributed by atoms with Gasteiger partial charge in [-0.05, 0) is 12.1 Å². The van der Waals surface area contributed by atoms with Crippen LogP contribution in [0, 0.1) is 0 Å². The minimum absolute atomic E-state index is 0.0647. The summed E-state index contributed by atoms with van der Waals surface area (Å²) < 4.78 is 0. The summed E-state index contributed by atoms with van der Waals surface area (Å²) in [6.07, 6.45) is -0.908. The topological polar surface area (TPSA) is 40.5 Å². The maximum absolute atomic E-state index is 10.1. The summed E-state index contributed by atoms with van der Waals surface area (Å²) in [5, 5.41) is 20.2. The van der Waals surface area contributed by atoms with Crippen LogP contribution in [0.15, 0.2) is 48.5 Å². The average Bonchev–Trinajstić information content (AvgIpc) is 2.29. The van der Waals surface area contributed by atoms with E-state index in [9.17, 15) is 10.2 Å². The fourth-order valence-electron chi connectivity index (χ4n) is 1.58. The van der Waals surface area contributed by atoms with Crippen molar-refractivity contribution in [3.8, 4) is 5.75 Å². The molecule has 16 heavy (non-hydrogen) atoms. The van der Waals surface area contributed by atoms with Gasteiger partial charge in [0.25, 0.3) is 0 Å². The molecule has 2 N–H and O–H groups in total. The number of phenols is 1. The van der Waals surface area contributed by atoms with Crippen molar-refractivity contribution in [2.45, 2.75) is 6.10 Å². The molecule has 1 atom stereocenters. The quantitative estimate of drug-likeness (QED) is 0.838. The smallest absolute Gasteiger partial charge is 0.121 e. The Hall–Kier alpha value is -1.51. The van der Waals surface area contributed by atoms with E-state index in [1.54, 1.807) is 42.5 Å². The summed E-state index contributed by atoms with van der Waals surface area (Å²) in [6, 6.07) is 13.7. The molecule has 0 fully saturated rings. The van der Waals surface area contributed by atoms with Crippen molar-refractivity contribution in [1.82, 2.24) is 0 Å². The van der Waals surface area contributed by atoms with Gasteiger partial charge in [0.05, 0.1) is 0 Å². The predicted molar refractivity (Wildman–Crippen MR) is 63.6 cm³/mol. The first kappa shape index (κ1) is 11.0. The Morgan fingerprint density at radius 1 is 0.875 bits per heavy atom. The van der Waals surface area contributed by atoms with Crippen molar-refractivity contribution < 1.29 is 10.2 Å². The lowest BCUT2D eigenvalue weighted by atomic mass is 10.0. The Morgan fingerprint density at radius 2 is 1.44 bits per heavy atom. The molecular weight excluding hydrogens is 224 g/mol. The molecule has 3 heteroatoms. The Balaban J connectivity index is 2.44. The predicted octanol–water partition coefficient (Wildman–Crippen LogP) is 3.13. The maximum Gasteiger partial charge on any atom is 0.121 e. The van der Waals surface area contributed by atoms with E-state index >= 15 is 0 Å². The third kappa shape index (κ3) is 2.03. The average molecular weight is 235 g/mol. The molecule has 0 saturated heterocycles. The molecule has 2 aromatic rings. The second-order valence-electron chi connectivity index (χ2n) is 3.48. The van der Waals surface area contributed by atoms with E-state index in [1.165, 1.54) is 6.07 Å². The molecule has 0 spiro atoms. The number of benzene rings is 2. The van der Waals surface area contributed by atoms with Crippen molar-refractivity contribution in [3.63, 3.8) is 0 Å². The van der Waals surface area contributed by atoms with E-state index in [0.29, 0.717) is 16.1 Å². The fraction of sp³-hybridized carbons (Fsp3) is 0.0769. The molecule has 2 aromatic carbocycles. The zero-order valence-electron chi connectivity index (χ0n) is 8.47. The lowest BCUT2D eigenvalue weighted by Gasteiger charge is -2.14. The molecule has 0 aliphatic heterocycles. The molecule has 0 radical (unpaired) electrons. The van der Waals surface area contributed by atoms with Gasteiger partial charge in [0.1, 0.15) is 11.9 Å². The summed E-state index contributed by atoms with van der Waals surface area (Å²) in [5.74, 6) is 0.0647. The Morgan fingerprint density at radius 3 is 2.06 bits per heavy atom. The number of aliphatic hydroxyl groups is 1. The summed E-state index contributed by atoms with van der Waals surface area (Å²) >= 11 is 5.98. The highest BCUT2D eigenvalue weighted by molar-refractivity contribution is 6.31. The number of halogens is 1. The standard InChI is InChI=1S/C13H11ClO2/c14-11-7-3-1-5-9(11)13(16)10-6-2-4-8-12(10)15/h1-8,13,15-16H. The highest BCUT2D eigenvalue weighted by Crippen LogP contribution is 2.32. The molecule has 2 rings (SSSR count). The van der Waals surface area contributed by atoms with Crippen molar-refractivity contribution in [2.75, 3.05) is 0 Å². The fourth-order valence-corrected chi connectivity index (χ4v) is 1.82. The van der Waals surface area contributed by atoms with Gasteiger partial charge in [0.2, 0.25) is 0 Å². The lowest BCUT2D eigenvalue weighted by Crippen LogP contribution is -2.00. The monoisotopic (exact) mass is 234 g/mol. The zero-order valence-corrected chi connectivity index (χ0v) is 9.22. The first-order chi connectivity index (χ1) is 7.70. The van der Waals surface area contributed by atoms with E-state index in [1.807, 2.05) is 0 Å². The van der Waals surface area contributed by atoms with Gasteiger partial charge in [-0.1, -0.05) is 48.0 Å². The highest BCUT2D eigenvalue weighted by atomic mass is 35.5. The van der Waals surface area contributed by atoms with Crippen molar-refractivity contribution >= 4 is 11.6 Å². The maximum atomic E-state index is 10.1. The molecule has 1 unspecified atom stereocenters. The Kier molecular flexibility index (Phi) is 3.13. The molecule has 0 aromatic heterocycles. The van der Waals surface area contributed by atoms with E-state index in [-0.39, 0.29) is 5.75 Å². The second-order valence-corrected chi connectivity index (χ2v) is 3.89. The number of hydrogen-bond acceptors (Lipinski definition) is 2. The van der Waals surface area contributed by atoms with Crippen LogP contribution in [0.1, 0.15) is 17.2 Å². The highest BCUT2D eigenvalue weighted by Gasteiger charge is 2.16. The van der Waals surface area contributed by atoms with Crippen LogP contribution in [0.5, 0.6) is 5.75 Å². The van der Waals surface area contributed by atoms with Gasteiger partial charge in [-0.25, -0.2) is 0 Å². The van der Waals surface area contributed by atoms with Crippen LogP contribution in [0.2, 0.25) is 5.02 Å². The van der Waals surface area contributed by atoms with E-state index in [4.69, 9.17) is 11.6 Å². The first-order valence-corrected chi connectivity index (χ1v) is 5.28. The zero-order chi connectivity index (χ0) is 11.5. The van der Waals surface area contributed by atoms with Gasteiger partial charge in [0.15, 0.2) is 0 Å².